The molecule has 0 aliphatic heterocycles. The lowest BCUT2D eigenvalue weighted by molar-refractivity contribution is -0.156. The van der Waals surface area contributed by atoms with Gasteiger partial charge in [-0.05, 0) is 38.1 Å². The summed E-state index contributed by atoms with van der Waals surface area (Å²) >= 11 is 0. The molecule has 0 saturated heterocycles. The van der Waals surface area contributed by atoms with Crippen LogP contribution in [0.3, 0.4) is 0 Å². The molecule has 0 fully saturated rings. The monoisotopic (exact) mass is 375 g/mol. The van der Waals surface area contributed by atoms with Gasteiger partial charge in [0.1, 0.15) is 6.04 Å². The minimum absolute atomic E-state index is 0.0210. The smallest absolute Gasteiger partial charge is 0.312 e. The number of hydrogen-bond donors (Lipinski definition) is 2. The van der Waals surface area contributed by atoms with Crippen molar-refractivity contribution in [2.75, 3.05) is 13.2 Å². The second-order valence-electron chi connectivity index (χ2n) is 5.41. The van der Waals surface area contributed by atoms with E-state index >= 15 is 0 Å². The number of hydrogen-bond acceptors (Lipinski definition) is 7. The summed E-state index contributed by atoms with van der Waals surface area (Å²) in [5.41, 5.74) is 5.84. The average molecular weight is 375 g/mol. The predicted octanol–water partition coefficient (Wildman–Crippen LogP) is 0.274. The van der Waals surface area contributed by atoms with Gasteiger partial charge in [-0.15, -0.1) is 0 Å². The van der Waals surface area contributed by atoms with Crippen molar-refractivity contribution in [3.8, 4) is 6.07 Å². The second kappa shape index (κ2) is 10.6. The van der Waals surface area contributed by atoms with E-state index in [1.165, 1.54) is 24.3 Å². The molecule has 1 rings (SSSR count). The van der Waals surface area contributed by atoms with Gasteiger partial charge in [0, 0.05) is 5.56 Å². The molecular formula is C18H21N3O6. The first-order valence-electron chi connectivity index (χ1n) is 8.26. The highest BCUT2D eigenvalue weighted by Gasteiger charge is 2.37. The first-order chi connectivity index (χ1) is 12.8. The van der Waals surface area contributed by atoms with Crippen LogP contribution in [0.5, 0.6) is 0 Å². The molecule has 9 heteroatoms. The number of nitrogens with one attached hydrogen (secondary N) is 1. The molecule has 1 aromatic carbocycles. The Morgan fingerprint density at radius 3 is 2.19 bits per heavy atom. The lowest BCUT2D eigenvalue weighted by Gasteiger charge is -2.23. The molecule has 0 spiro atoms. The normalized spacial score (nSPS) is 12.2. The number of amides is 2. The Morgan fingerprint density at radius 1 is 1.11 bits per heavy atom. The van der Waals surface area contributed by atoms with Gasteiger partial charge in [-0.1, -0.05) is 0 Å². The third kappa shape index (κ3) is 6.43. The predicted molar refractivity (Wildman–Crippen MR) is 93.0 cm³/mol. The number of carbonyl (C=O) groups excluding carboxylic acids is 4. The van der Waals surface area contributed by atoms with Crippen LogP contribution in [0.4, 0.5) is 0 Å². The maximum atomic E-state index is 12.4. The van der Waals surface area contributed by atoms with Crippen molar-refractivity contribution < 1.29 is 28.7 Å². The van der Waals surface area contributed by atoms with Crippen molar-refractivity contribution in [3.63, 3.8) is 0 Å². The lowest BCUT2D eigenvalue weighted by Crippen LogP contribution is -2.52. The summed E-state index contributed by atoms with van der Waals surface area (Å²) in [5.74, 6) is -4.60. The van der Waals surface area contributed by atoms with Crippen molar-refractivity contribution >= 4 is 23.8 Å². The number of primary amides is 1. The van der Waals surface area contributed by atoms with E-state index in [0.717, 1.165) is 0 Å². The topological polar surface area (TPSA) is 149 Å². The highest BCUT2D eigenvalue weighted by Crippen LogP contribution is 2.15. The van der Waals surface area contributed by atoms with E-state index in [2.05, 4.69) is 5.32 Å². The number of nitrogens with two attached hydrogens (primary N) is 1. The number of ether oxygens (including phenoxy) is 2. The molecule has 1 aromatic rings. The Labute approximate surface area is 156 Å². The Morgan fingerprint density at radius 2 is 1.70 bits per heavy atom. The van der Waals surface area contributed by atoms with Crippen LogP contribution in [0, 0.1) is 17.2 Å². The third-order valence-corrected chi connectivity index (χ3v) is 3.55. The molecule has 3 N–H and O–H groups in total. The number of nitrogens with zero attached hydrogens (tertiary/aromatic N) is 1. The Hall–Kier alpha value is -3.41. The maximum Gasteiger partial charge on any atom is 0.312 e. The number of nitriles is 1. The van der Waals surface area contributed by atoms with E-state index in [1.807, 2.05) is 6.07 Å². The fourth-order valence-electron chi connectivity index (χ4n) is 2.28. The second-order valence-corrected chi connectivity index (χ2v) is 5.41. The molecular weight excluding hydrogens is 354 g/mol. The summed E-state index contributed by atoms with van der Waals surface area (Å²) in [6.07, 6.45) is -0.478. The summed E-state index contributed by atoms with van der Waals surface area (Å²) < 4.78 is 9.69. The Balaban J connectivity index is 3.05. The van der Waals surface area contributed by atoms with Gasteiger partial charge in [0.15, 0.2) is 0 Å². The molecule has 144 valence electrons. The van der Waals surface area contributed by atoms with Gasteiger partial charge in [0.2, 0.25) is 5.91 Å². The molecule has 0 aliphatic carbocycles. The van der Waals surface area contributed by atoms with Crippen LogP contribution >= 0.6 is 0 Å². The summed E-state index contributed by atoms with van der Waals surface area (Å²) in [4.78, 5) is 48.2. The largest absolute Gasteiger partial charge is 0.466 e. The van der Waals surface area contributed by atoms with Crippen LogP contribution in [-0.4, -0.2) is 43.0 Å². The Kier molecular flexibility index (Phi) is 8.45. The van der Waals surface area contributed by atoms with Crippen molar-refractivity contribution in [3.05, 3.63) is 35.4 Å². The van der Waals surface area contributed by atoms with Crippen LogP contribution in [0.15, 0.2) is 24.3 Å². The van der Waals surface area contributed by atoms with Gasteiger partial charge in [0.25, 0.3) is 5.91 Å². The van der Waals surface area contributed by atoms with Crippen molar-refractivity contribution in [1.82, 2.24) is 5.32 Å². The molecule has 0 aromatic heterocycles. The maximum absolute atomic E-state index is 12.4. The van der Waals surface area contributed by atoms with E-state index in [0.29, 0.717) is 5.56 Å². The number of rotatable bonds is 9. The van der Waals surface area contributed by atoms with Crippen molar-refractivity contribution in [2.45, 2.75) is 26.3 Å². The quantitative estimate of drug-likeness (QED) is 0.589. The number of carbonyl (C=O) groups is 4. The van der Waals surface area contributed by atoms with E-state index in [-0.39, 0.29) is 18.8 Å². The zero-order chi connectivity index (χ0) is 20.4. The molecule has 0 aliphatic rings. The molecule has 27 heavy (non-hydrogen) atoms. The van der Waals surface area contributed by atoms with E-state index < -0.39 is 42.1 Å². The van der Waals surface area contributed by atoms with Crippen LogP contribution in [-0.2, 0) is 23.9 Å². The fraction of sp³-hybridized carbons (Fsp3) is 0.389. The molecule has 0 unspecified atom stereocenters. The van der Waals surface area contributed by atoms with Gasteiger partial charge in [0.05, 0.1) is 37.2 Å². The van der Waals surface area contributed by atoms with Gasteiger partial charge in [-0.2, -0.15) is 5.26 Å². The standard InChI is InChI=1S/C18H21N3O6/c1-3-26-14(22)9-13(18(25)27-4-2)15(16(20)23)21-17(24)12-7-5-11(10-19)6-8-12/h5-8,13,15H,3-4,9H2,1-2H3,(H2,20,23)(H,21,24)/t13-,15-/m0/s1. The molecule has 9 nitrogen and oxygen atoms in total. The third-order valence-electron chi connectivity index (χ3n) is 3.55. The summed E-state index contributed by atoms with van der Waals surface area (Å²) in [6.45, 7) is 3.27. The first kappa shape index (κ1) is 21.6. The zero-order valence-electron chi connectivity index (χ0n) is 15.1. The molecule has 2 atom stereocenters. The van der Waals surface area contributed by atoms with Crippen LogP contribution in [0.2, 0.25) is 0 Å². The number of benzene rings is 1. The van der Waals surface area contributed by atoms with Gasteiger partial charge >= 0.3 is 11.9 Å². The summed E-state index contributed by atoms with van der Waals surface area (Å²) in [6, 6.07) is 6.06. The molecule has 0 heterocycles. The van der Waals surface area contributed by atoms with Crippen LogP contribution in [0.1, 0.15) is 36.2 Å². The molecule has 2 amide bonds. The zero-order valence-corrected chi connectivity index (χ0v) is 15.1. The van der Waals surface area contributed by atoms with E-state index in [4.69, 9.17) is 20.5 Å². The first-order valence-corrected chi connectivity index (χ1v) is 8.26. The minimum atomic E-state index is -1.48. The molecule has 0 saturated carbocycles. The van der Waals surface area contributed by atoms with Gasteiger partial charge in [-0.3, -0.25) is 19.2 Å². The van der Waals surface area contributed by atoms with Crippen molar-refractivity contribution in [1.29, 1.82) is 5.26 Å². The number of esters is 2. The summed E-state index contributed by atoms with van der Waals surface area (Å²) in [7, 11) is 0. The highest BCUT2D eigenvalue weighted by atomic mass is 16.5. The van der Waals surface area contributed by atoms with E-state index in [9.17, 15) is 19.2 Å². The minimum Gasteiger partial charge on any atom is -0.466 e. The van der Waals surface area contributed by atoms with Crippen LogP contribution in [0.25, 0.3) is 0 Å². The SMILES string of the molecule is CCOC(=O)C[C@H](C(=O)OCC)[C@H](NC(=O)c1ccc(C#N)cc1)C(N)=O. The van der Waals surface area contributed by atoms with E-state index in [1.54, 1.807) is 13.8 Å². The van der Waals surface area contributed by atoms with Crippen molar-refractivity contribution in [2.24, 2.45) is 11.7 Å². The fourth-order valence-corrected chi connectivity index (χ4v) is 2.28. The molecule has 0 bridgehead atoms. The Bertz CT molecular complexity index is 738. The molecule has 0 radical (unpaired) electrons. The lowest BCUT2D eigenvalue weighted by atomic mass is 9.95. The van der Waals surface area contributed by atoms with Gasteiger partial charge in [-0.25, -0.2) is 0 Å². The average Bonchev–Trinajstić information content (AvgIpc) is 2.64. The van der Waals surface area contributed by atoms with Crippen LogP contribution < -0.4 is 11.1 Å². The highest BCUT2D eigenvalue weighted by molar-refractivity contribution is 5.99. The van der Waals surface area contributed by atoms with Gasteiger partial charge < -0.3 is 20.5 Å². The summed E-state index contributed by atoms with van der Waals surface area (Å²) in [5, 5.41) is 11.1.